The molecular weight excluding hydrogens is 508 g/mol. The number of hydrogen-bond acceptors (Lipinski definition) is 4. The van der Waals surface area contributed by atoms with Crippen LogP contribution in [-0.4, -0.2) is 25.2 Å². The van der Waals surface area contributed by atoms with E-state index in [0.29, 0.717) is 37.9 Å². The second-order valence-electron chi connectivity index (χ2n) is 12.7. The van der Waals surface area contributed by atoms with Gasteiger partial charge >= 0.3 is 11.9 Å². The first-order valence-corrected chi connectivity index (χ1v) is 18.4. The summed E-state index contributed by atoms with van der Waals surface area (Å²) in [6.07, 6.45) is 31.6. The van der Waals surface area contributed by atoms with Crippen LogP contribution in [0.5, 0.6) is 0 Å². The molecule has 0 radical (unpaired) electrons. The highest BCUT2D eigenvalue weighted by Gasteiger charge is 2.13. The van der Waals surface area contributed by atoms with Crippen molar-refractivity contribution in [2.75, 3.05) is 13.2 Å². The second-order valence-corrected chi connectivity index (χ2v) is 12.7. The lowest BCUT2D eigenvalue weighted by Gasteiger charge is -2.17. The van der Waals surface area contributed by atoms with Gasteiger partial charge in [0.15, 0.2) is 0 Å². The molecule has 0 aliphatic carbocycles. The molecule has 0 aromatic carbocycles. The van der Waals surface area contributed by atoms with E-state index in [9.17, 15) is 9.59 Å². The van der Waals surface area contributed by atoms with Crippen molar-refractivity contribution < 1.29 is 19.1 Å². The van der Waals surface area contributed by atoms with E-state index in [1.165, 1.54) is 128 Å². The van der Waals surface area contributed by atoms with Crippen LogP contribution in [0.4, 0.5) is 0 Å². The minimum Gasteiger partial charge on any atom is -0.465 e. The van der Waals surface area contributed by atoms with Gasteiger partial charge in [0, 0.05) is 12.8 Å². The highest BCUT2D eigenvalue weighted by atomic mass is 16.5. The van der Waals surface area contributed by atoms with Crippen molar-refractivity contribution in [1.29, 1.82) is 0 Å². The van der Waals surface area contributed by atoms with Gasteiger partial charge in [-0.3, -0.25) is 9.59 Å². The topological polar surface area (TPSA) is 52.6 Å². The lowest BCUT2D eigenvalue weighted by atomic mass is 9.94. The third-order valence-corrected chi connectivity index (χ3v) is 8.70. The maximum Gasteiger partial charge on any atom is 0.305 e. The lowest BCUT2D eigenvalue weighted by molar-refractivity contribution is -0.146. The SMILES string of the molecule is CCCCCCCCCC(=O)OCC(CCCCCCCC)CCCCCCCCC(=O)OCC(CC)CCCC. The molecule has 4 heteroatoms. The maximum absolute atomic E-state index is 12.3. The highest BCUT2D eigenvalue weighted by molar-refractivity contribution is 5.69. The largest absolute Gasteiger partial charge is 0.465 e. The van der Waals surface area contributed by atoms with E-state index in [2.05, 4.69) is 27.7 Å². The third kappa shape index (κ3) is 28.8. The number of carbonyl (C=O) groups excluding carboxylic acids is 2. The normalized spacial score (nSPS) is 12.8. The van der Waals surface area contributed by atoms with Crippen molar-refractivity contribution in [2.45, 2.75) is 201 Å². The summed E-state index contributed by atoms with van der Waals surface area (Å²) in [5.74, 6) is 1.03. The van der Waals surface area contributed by atoms with Crippen molar-refractivity contribution in [2.24, 2.45) is 11.8 Å². The number of esters is 2. The molecule has 0 saturated heterocycles. The number of carbonyl (C=O) groups is 2. The van der Waals surface area contributed by atoms with Crippen molar-refractivity contribution in [3.63, 3.8) is 0 Å². The van der Waals surface area contributed by atoms with Crippen LogP contribution < -0.4 is 0 Å². The van der Waals surface area contributed by atoms with Gasteiger partial charge in [-0.05, 0) is 43.9 Å². The summed E-state index contributed by atoms with van der Waals surface area (Å²) in [6, 6.07) is 0. The molecule has 41 heavy (non-hydrogen) atoms. The average molecular weight is 581 g/mol. The van der Waals surface area contributed by atoms with Crippen LogP contribution in [0.1, 0.15) is 201 Å². The molecule has 2 atom stereocenters. The molecule has 0 bridgehead atoms. The molecule has 244 valence electrons. The zero-order valence-corrected chi connectivity index (χ0v) is 28.3. The standard InChI is InChI=1S/C37H72O4/c1-5-9-12-14-16-21-25-31-37(39)41-33-35(28-23-19-15-13-10-6-2)29-24-20-17-18-22-26-30-36(38)40-32-34(8-4)27-11-7-3/h34-35H,5-33H2,1-4H3. The van der Waals surface area contributed by atoms with Gasteiger partial charge in [-0.15, -0.1) is 0 Å². The number of hydrogen-bond donors (Lipinski definition) is 0. The van der Waals surface area contributed by atoms with E-state index in [4.69, 9.17) is 9.47 Å². The molecule has 0 fully saturated rings. The van der Waals surface area contributed by atoms with Gasteiger partial charge < -0.3 is 9.47 Å². The Balaban J connectivity index is 4.06. The van der Waals surface area contributed by atoms with Gasteiger partial charge in [-0.2, -0.15) is 0 Å². The first-order valence-electron chi connectivity index (χ1n) is 18.4. The van der Waals surface area contributed by atoms with E-state index in [0.717, 1.165) is 32.1 Å². The number of ether oxygens (including phenoxy) is 2. The Morgan fingerprint density at radius 1 is 0.415 bits per heavy atom. The molecule has 0 heterocycles. The van der Waals surface area contributed by atoms with E-state index in [1.807, 2.05) is 0 Å². The second kappa shape index (κ2) is 31.9. The van der Waals surface area contributed by atoms with Crippen LogP contribution in [0, 0.1) is 11.8 Å². The monoisotopic (exact) mass is 581 g/mol. The molecule has 0 aliphatic rings. The summed E-state index contributed by atoms with van der Waals surface area (Å²) in [4.78, 5) is 24.4. The summed E-state index contributed by atoms with van der Waals surface area (Å²) in [5, 5.41) is 0. The van der Waals surface area contributed by atoms with Crippen molar-refractivity contribution >= 4 is 11.9 Å². The fraction of sp³-hybridized carbons (Fsp3) is 0.946. The molecule has 0 aromatic rings. The van der Waals surface area contributed by atoms with Crippen LogP contribution in [0.15, 0.2) is 0 Å². The summed E-state index contributed by atoms with van der Waals surface area (Å²) < 4.78 is 11.3. The number of unbranched alkanes of at least 4 members (excludes halogenated alkanes) is 17. The Morgan fingerprint density at radius 3 is 1.17 bits per heavy atom. The fourth-order valence-corrected chi connectivity index (χ4v) is 5.62. The minimum atomic E-state index is -0.0148. The zero-order valence-electron chi connectivity index (χ0n) is 28.3. The van der Waals surface area contributed by atoms with Crippen LogP contribution >= 0.6 is 0 Å². The van der Waals surface area contributed by atoms with Crippen molar-refractivity contribution in [3.8, 4) is 0 Å². The van der Waals surface area contributed by atoms with E-state index in [-0.39, 0.29) is 11.9 Å². The first kappa shape index (κ1) is 39.9. The van der Waals surface area contributed by atoms with Crippen molar-refractivity contribution in [1.82, 2.24) is 0 Å². The lowest BCUT2D eigenvalue weighted by Crippen LogP contribution is -2.14. The van der Waals surface area contributed by atoms with Gasteiger partial charge in [0.2, 0.25) is 0 Å². The summed E-state index contributed by atoms with van der Waals surface area (Å²) in [7, 11) is 0. The minimum absolute atomic E-state index is 0.0104. The Hall–Kier alpha value is -1.06. The molecule has 0 rings (SSSR count). The first-order chi connectivity index (χ1) is 20.1. The van der Waals surface area contributed by atoms with Crippen LogP contribution in [0.3, 0.4) is 0 Å². The molecule has 4 nitrogen and oxygen atoms in total. The van der Waals surface area contributed by atoms with Gasteiger partial charge in [0.1, 0.15) is 0 Å². The van der Waals surface area contributed by atoms with E-state index in [1.54, 1.807) is 0 Å². The Kier molecular flexibility index (Phi) is 31.0. The Bertz CT molecular complexity index is 561. The molecule has 0 aromatic heterocycles. The number of rotatable bonds is 32. The predicted molar refractivity (Wildman–Crippen MR) is 176 cm³/mol. The highest BCUT2D eigenvalue weighted by Crippen LogP contribution is 2.21. The molecule has 2 unspecified atom stereocenters. The van der Waals surface area contributed by atoms with Gasteiger partial charge in [-0.1, -0.05) is 156 Å². The van der Waals surface area contributed by atoms with Gasteiger partial charge in [0.25, 0.3) is 0 Å². The van der Waals surface area contributed by atoms with E-state index >= 15 is 0 Å². The molecule has 0 amide bonds. The summed E-state index contributed by atoms with van der Waals surface area (Å²) in [5.41, 5.74) is 0. The maximum atomic E-state index is 12.3. The third-order valence-electron chi connectivity index (χ3n) is 8.70. The van der Waals surface area contributed by atoms with Crippen LogP contribution in [0.2, 0.25) is 0 Å². The fourth-order valence-electron chi connectivity index (χ4n) is 5.62. The summed E-state index contributed by atoms with van der Waals surface area (Å²) >= 11 is 0. The summed E-state index contributed by atoms with van der Waals surface area (Å²) in [6.45, 7) is 10.1. The smallest absolute Gasteiger partial charge is 0.305 e. The van der Waals surface area contributed by atoms with Crippen LogP contribution in [-0.2, 0) is 19.1 Å². The molecule has 0 aliphatic heterocycles. The van der Waals surface area contributed by atoms with Crippen LogP contribution in [0.25, 0.3) is 0 Å². The molecule has 0 spiro atoms. The van der Waals surface area contributed by atoms with E-state index < -0.39 is 0 Å². The molecule has 0 saturated carbocycles. The van der Waals surface area contributed by atoms with Gasteiger partial charge in [-0.25, -0.2) is 0 Å². The Labute approximate surface area is 256 Å². The molecule has 0 N–H and O–H groups in total. The molecular formula is C37H72O4. The average Bonchev–Trinajstić information content (AvgIpc) is 2.98. The quantitative estimate of drug-likeness (QED) is 0.0586. The van der Waals surface area contributed by atoms with Gasteiger partial charge in [0.05, 0.1) is 13.2 Å². The Morgan fingerprint density at radius 2 is 0.756 bits per heavy atom. The zero-order chi connectivity index (χ0) is 30.2. The van der Waals surface area contributed by atoms with Crippen molar-refractivity contribution in [3.05, 3.63) is 0 Å². The predicted octanol–water partition coefficient (Wildman–Crippen LogP) is 11.9.